The number of aromatic nitrogens is 1. The van der Waals surface area contributed by atoms with Crippen molar-refractivity contribution in [2.75, 3.05) is 0 Å². The highest BCUT2D eigenvalue weighted by molar-refractivity contribution is 9.11. The Labute approximate surface area is 53.0 Å². The average Bonchev–Trinajstić information content (AvgIpc) is 1.87. The molecule has 0 fully saturated rings. The summed E-state index contributed by atoms with van der Waals surface area (Å²) in [6, 6.07) is 0. The summed E-state index contributed by atoms with van der Waals surface area (Å²) in [4.78, 5) is 3.70. The summed E-state index contributed by atoms with van der Waals surface area (Å²) < 4.78 is 0.713. The molecule has 1 N–H and O–H groups in total. The van der Waals surface area contributed by atoms with E-state index in [-0.39, 0.29) is 5.06 Å². The van der Waals surface area contributed by atoms with Gasteiger partial charge in [0.2, 0.25) is 0 Å². The van der Waals surface area contributed by atoms with E-state index in [1.54, 1.807) is 0 Å². The van der Waals surface area contributed by atoms with E-state index in [1.807, 2.05) is 0 Å². The lowest BCUT2D eigenvalue weighted by Gasteiger charge is -1.67. The van der Waals surface area contributed by atoms with Gasteiger partial charge in [0.25, 0.3) is 0 Å². The van der Waals surface area contributed by atoms with Gasteiger partial charge in [-0.3, -0.25) is 0 Å². The van der Waals surface area contributed by atoms with Crippen LogP contribution in [-0.4, -0.2) is 10.1 Å². The number of hydrogen-bond acceptors (Lipinski definition) is 3. The Morgan fingerprint density at radius 1 is 1.86 bits per heavy atom. The number of aromatic hydroxyl groups is 1. The van der Waals surface area contributed by atoms with Crippen LogP contribution in [0.2, 0.25) is 0 Å². The van der Waals surface area contributed by atoms with Crippen LogP contribution in [0.5, 0.6) is 5.06 Å². The summed E-state index contributed by atoms with van der Waals surface area (Å²) in [7, 11) is 0. The molecule has 0 spiro atoms. The Balaban J connectivity index is 3.04. The molecule has 0 unspecified atom stereocenters. The van der Waals surface area contributed by atoms with Crippen LogP contribution in [0.25, 0.3) is 0 Å². The molecular formula is C3H2BrNOS. The maximum absolute atomic E-state index is 8.58. The van der Waals surface area contributed by atoms with Gasteiger partial charge in [-0.25, -0.2) is 4.98 Å². The molecule has 7 heavy (non-hydrogen) atoms. The van der Waals surface area contributed by atoms with E-state index in [9.17, 15) is 0 Å². The highest BCUT2D eigenvalue weighted by atomic mass is 79.9. The largest absolute Gasteiger partial charge is 0.498 e. The van der Waals surface area contributed by atoms with E-state index in [4.69, 9.17) is 5.11 Å². The second-order valence-electron chi connectivity index (χ2n) is 0.951. The van der Waals surface area contributed by atoms with Gasteiger partial charge in [-0.2, -0.15) is 0 Å². The predicted octanol–water partition coefficient (Wildman–Crippen LogP) is 1.61. The van der Waals surface area contributed by atoms with E-state index in [0.29, 0.717) is 3.92 Å². The minimum Gasteiger partial charge on any atom is -0.498 e. The summed E-state index contributed by atoms with van der Waals surface area (Å²) in [6.45, 7) is 0. The lowest BCUT2D eigenvalue weighted by molar-refractivity contribution is 0.489. The lowest BCUT2D eigenvalue weighted by Crippen LogP contribution is -1.49. The van der Waals surface area contributed by atoms with Crippen LogP contribution in [0.3, 0.4) is 0 Å². The summed E-state index contributed by atoms with van der Waals surface area (Å²) in [5.74, 6) is 0. The predicted molar refractivity (Wildman–Crippen MR) is 31.5 cm³/mol. The third-order valence-electron chi connectivity index (χ3n) is 0.465. The summed E-state index contributed by atoms with van der Waals surface area (Å²) in [5, 5.41) is 8.82. The topological polar surface area (TPSA) is 33.1 Å². The van der Waals surface area contributed by atoms with Crippen molar-refractivity contribution in [2.24, 2.45) is 0 Å². The Morgan fingerprint density at radius 3 is 2.71 bits per heavy atom. The standard InChI is InChI=1S/C3H2BrNOS/c4-3-5-1-2(6)7-3/h1,6H. The second kappa shape index (κ2) is 1.79. The van der Waals surface area contributed by atoms with Crippen LogP contribution in [0.1, 0.15) is 0 Å². The van der Waals surface area contributed by atoms with Crippen LogP contribution in [0.4, 0.5) is 0 Å². The Kier molecular flexibility index (Phi) is 1.30. The van der Waals surface area contributed by atoms with E-state index >= 15 is 0 Å². The van der Waals surface area contributed by atoms with E-state index in [1.165, 1.54) is 17.5 Å². The van der Waals surface area contributed by atoms with Crippen LogP contribution < -0.4 is 0 Å². The molecule has 0 aliphatic rings. The third-order valence-corrected chi connectivity index (χ3v) is 1.74. The normalized spacial score (nSPS) is 9.29. The van der Waals surface area contributed by atoms with Gasteiger partial charge in [0.15, 0.2) is 8.98 Å². The van der Waals surface area contributed by atoms with Crippen molar-refractivity contribution in [3.8, 4) is 5.06 Å². The molecule has 1 heterocycles. The van der Waals surface area contributed by atoms with E-state index in [0.717, 1.165) is 0 Å². The van der Waals surface area contributed by atoms with Crippen LogP contribution >= 0.6 is 27.3 Å². The zero-order chi connectivity index (χ0) is 5.28. The molecule has 0 bridgehead atoms. The molecule has 0 radical (unpaired) electrons. The Hall–Kier alpha value is -0.0900. The van der Waals surface area contributed by atoms with Crippen LogP contribution in [0, 0.1) is 0 Å². The number of rotatable bonds is 0. The van der Waals surface area contributed by atoms with Gasteiger partial charge in [0, 0.05) is 0 Å². The van der Waals surface area contributed by atoms with E-state index < -0.39 is 0 Å². The average molecular weight is 180 g/mol. The van der Waals surface area contributed by atoms with Crippen molar-refractivity contribution in [1.82, 2.24) is 4.98 Å². The van der Waals surface area contributed by atoms with Crippen molar-refractivity contribution in [1.29, 1.82) is 0 Å². The third kappa shape index (κ3) is 1.14. The SMILES string of the molecule is Oc1cnc(Br)s1. The first-order valence-corrected chi connectivity index (χ1v) is 3.20. The van der Waals surface area contributed by atoms with Gasteiger partial charge < -0.3 is 5.11 Å². The van der Waals surface area contributed by atoms with Crippen molar-refractivity contribution < 1.29 is 5.11 Å². The molecule has 0 saturated heterocycles. The highest BCUT2D eigenvalue weighted by Gasteiger charge is 1.90. The first kappa shape index (κ1) is 5.05. The highest BCUT2D eigenvalue weighted by Crippen LogP contribution is 2.23. The molecule has 0 aliphatic heterocycles. The maximum atomic E-state index is 8.58. The quantitative estimate of drug-likeness (QED) is 0.657. The fourth-order valence-electron chi connectivity index (χ4n) is 0.245. The minimum absolute atomic E-state index is 0.242. The van der Waals surface area contributed by atoms with Crippen LogP contribution in [-0.2, 0) is 0 Å². The molecule has 4 heteroatoms. The molecule has 0 saturated carbocycles. The van der Waals surface area contributed by atoms with Crippen LogP contribution in [0.15, 0.2) is 10.1 Å². The van der Waals surface area contributed by atoms with Gasteiger partial charge in [-0.05, 0) is 15.9 Å². The zero-order valence-electron chi connectivity index (χ0n) is 3.26. The zero-order valence-corrected chi connectivity index (χ0v) is 5.66. The lowest BCUT2D eigenvalue weighted by atomic mass is 10.9. The molecule has 0 aliphatic carbocycles. The molecule has 1 aromatic rings. The second-order valence-corrected chi connectivity index (χ2v) is 3.24. The summed E-state index contributed by atoms with van der Waals surface area (Å²) in [6.07, 6.45) is 1.40. The van der Waals surface area contributed by atoms with Gasteiger partial charge in [-0.15, -0.1) is 0 Å². The number of thiazole rings is 1. The smallest absolute Gasteiger partial charge is 0.192 e. The number of nitrogens with zero attached hydrogens (tertiary/aromatic N) is 1. The van der Waals surface area contributed by atoms with Gasteiger partial charge >= 0.3 is 0 Å². The molecule has 0 aromatic carbocycles. The molecule has 1 aromatic heterocycles. The van der Waals surface area contributed by atoms with Crippen molar-refractivity contribution >= 4 is 27.3 Å². The molecule has 38 valence electrons. The fourth-order valence-corrected chi connectivity index (χ4v) is 1.23. The number of halogens is 1. The first-order valence-electron chi connectivity index (χ1n) is 1.59. The fraction of sp³-hybridized carbons (Fsp3) is 0. The Bertz CT molecular complexity index is 147. The molecule has 2 nitrogen and oxygen atoms in total. The molecule has 1 rings (SSSR count). The van der Waals surface area contributed by atoms with Gasteiger partial charge in [-0.1, -0.05) is 11.3 Å². The molecular weight excluding hydrogens is 178 g/mol. The Morgan fingerprint density at radius 2 is 2.57 bits per heavy atom. The summed E-state index contributed by atoms with van der Waals surface area (Å²) in [5.41, 5.74) is 0. The maximum Gasteiger partial charge on any atom is 0.192 e. The van der Waals surface area contributed by atoms with Crippen molar-refractivity contribution in [3.63, 3.8) is 0 Å². The van der Waals surface area contributed by atoms with Gasteiger partial charge in [0.05, 0.1) is 6.20 Å². The van der Waals surface area contributed by atoms with E-state index in [2.05, 4.69) is 20.9 Å². The van der Waals surface area contributed by atoms with Gasteiger partial charge in [0.1, 0.15) is 0 Å². The van der Waals surface area contributed by atoms with Crippen molar-refractivity contribution in [2.45, 2.75) is 0 Å². The monoisotopic (exact) mass is 179 g/mol. The van der Waals surface area contributed by atoms with Crippen molar-refractivity contribution in [3.05, 3.63) is 10.1 Å². The number of hydrogen-bond donors (Lipinski definition) is 1. The molecule has 0 amide bonds. The molecule has 0 atom stereocenters. The summed E-state index contributed by atoms with van der Waals surface area (Å²) >= 11 is 4.28. The minimum atomic E-state index is 0.242. The first-order chi connectivity index (χ1) is 3.29.